The van der Waals surface area contributed by atoms with Crippen LogP contribution in [0.2, 0.25) is 0 Å². The van der Waals surface area contributed by atoms with Gasteiger partial charge in [0.2, 0.25) is 5.91 Å². The molecule has 0 aliphatic carbocycles. The molecule has 0 aliphatic heterocycles. The number of carbonyl (C=O) groups excluding carboxylic acids is 1. The van der Waals surface area contributed by atoms with Crippen LogP contribution >= 0.6 is 12.4 Å². The number of alkyl halides is 3. The van der Waals surface area contributed by atoms with Gasteiger partial charge in [-0.2, -0.15) is 13.2 Å². The van der Waals surface area contributed by atoms with Gasteiger partial charge < -0.3 is 11.1 Å². The van der Waals surface area contributed by atoms with Gasteiger partial charge in [-0.3, -0.25) is 4.79 Å². The van der Waals surface area contributed by atoms with Crippen molar-refractivity contribution in [3.63, 3.8) is 0 Å². The first-order chi connectivity index (χ1) is 11.3. The fourth-order valence-electron chi connectivity index (χ4n) is 2.27. The number of nitrogens with two attached hydrogens (primary N) is 1. The molecule has 0 radical (unpaired) electrons. The summed E-state index contributed by atoms with van der Waals surface area (Å²) < 4.78 is 36.6. The number of nitrogens with one attached hydrogen (secondary N) is 1. The van der Waals surface area contributed by atoms with E-state index in [1.54, 1.807) is 24.3 Å². The van der Waals surface area contributed by atoms with E-state index < -0.39 is 18.6 Å². The third-order valence-electron chi connectivity index (χ3n) is 3.57. The highest BCUT2D eigenvalue weighted by molar-refractivity contribution is 5.91. The first kappa shape index (κ1) is 21.0. The molecule has 136 valence electrons. The van der Waals surface area contributed by atoms with Crippen molar-refractivity contribution < 1.29 is 18.0 Å². The van der Waals surface area contributed by atoms with Crippen molar-refractivity contribution in [3.05, 3.63) is 65.7 Å². The van der Waals surface area contributed by atoms with Crippen LogP contribution in [0.25, 0.3) is 0 Å². The Morgan fingerprint density at radius 2 is 1.64 bits per heavy atom. The molecule has 0 aromatic heterocycles. The zero-order valence-corrected chi connectivity index (χ0v) is 14.2. The predicted molar refractivity (Wildman–Crippen MR) is 94.7 cm³/mol. The maximum Gasteiger partial charge on any atom is 0.389 e. The number of anilines is 1. The van der Waals surface area contributed by atoms with Crippen LogP contribution in [-0.4, -0.2) is 12.1 Å². The largest absolute Gasteiger partial charge is 0.389 e. The van der Waals surface area contributed by atoms with E-state index in [1.165, 1.54) is 0 Å². The first-order valence-corrected chi connectivity index (χ1v) is 7.59. The summed E-state index contributed by atoms with van der Waals surface area (Å²) in [5.74, 6) is -0.241. The van der Waals surface area contributed by atoms with Gasteiger partial charge in [0.1, 0.15) is 0 Å². The van der Waals surface area contributed by atoms with Crippen molar-refractivity contribution >= 4 is 24.0 Å². The number of halogens is 4. The fraction of sp³-hybridized carbons (Fsp3) is 0.278. The minimum atomic E-state index is -4.17. The van der Waals surface area contributed by atoms with Gasteiger partial charge in [-0.1, -0.05) is 42.5 Å². The van der Waals surface area contributed by atoms with Gasteiger partial charge in [0, 0.05) is 24.6 Å². The summed E-state index contributed by atoms with van der Waals surface area (Å²) in [6.45, 7) is 0. The van der Waals surface area contributed by atoms with E-state index in [0.717, 1.165) is 5.56 Å². The van der Waals surface area contributed by atoms with E-state index in [1.807, 2.05) is 30.3 Å². The molecule has 3 nitrogen and oxygen atoms in total. The maximum atomic E-state index is 12.2. The molecule has 1 unspecified atom stereocenters. The van der Waals surface area contributed by atoms with Crippen molar-refractivity contribution in [1.29, 1.82) is 0 Å². The highest BCUT2D eigenvalue weighted by atomic mass is 35.5. The molecule has 0 saturated carbocycles. The quantitative estimate of drug-likeness (QED) is 0.776. The van der Waals surface area contributed by atoms with Gasteiger partial charge in [-0.25, -0.2) is 0 Å². The third kappa shape index (κ3) is 7.58. The van der Waals surface area contributed by atoms with E-state index >= 15 is 0 Å². The normalized spacial score (nSPS) is 12.2. The van der Waals surface area contributed by atoms with E-state index in [-0.39, 0.29) is 31.2 Å². The van der Waals surface area contributed by atoms with Crippen molar-refractivity contribution in [2.75, 3.05) is 5.32 Å². The summed E-state index contributed by atoms with van der Waals surface area (Å²) in [5, 5.41) is 2.70. The van der Waals surface area contributed by atoms with Crippen LogP contribution in [0.5, 0.6) is 0 Å². The van der Waals surface area contributed by atoms with Crippen LogP contribution in [0.3, 0.4) is 0 Å². The lowest BCUT2D eigenvalue weighted by atomic mass is 10.0. The maximum absolute atomic E-state index is 12.2. The lowest BCUT2D eigenvalue weighted by Gasteiger charge is -2.12. The lowest BCUT2D eigenvalue weighted by molar-refractivity contribution is -0.134. The molecule has 25 heavy (non-hydrogen) atoms. The van der Waals surface area contributed by atoms with Gasteiger partial charge in [-0.05, 0) is 29.7 Å². The van der Waals surface area contributed by atoms with Gasteiger partial charge in [0.25, 0.3) is 0 Å². The minimum Gasteiger partial charge on any atom is -0.326 e. The number of rotatable bonds is 6. The molecule has 7 heteroatoms. The Bertz CT molecular complexity index is 660. The van der Waals surface area contributed by atoms with Gasteiger partial charge in [0.05, 0.1) is 0 Å². The Balaban J connectivity index is 0.00000312. The molecule has 0 heterocycles. The second-order valence-corrected chi connectivity index (χ2v) is 5.58. The molecule has 3 N–H and O–H groups in total. The molecular weight excluding hydrogens is 353 g/mol. The number of carbonyl (C=O) groups is 1. The lowest BCUT2D eigenvalue weighted by Crippen LogP contribution is -2.20. The number of hydrogen-bond donors (Lipinski definition) is 2. The van der Waals surface area contributed by atoms with Crippen molar-refractivity contribution in [1.82, 2.24) is 0 Å². The van der Waals surface area contributed by atoms with Crippen molar-refractivity contribution in [3.8, 4) is 0 Å². The molecule has 0 spiro atoms. The number of aryl methyl sites for hydroxylation is 1. The standard InChI is InChI=1S/C18H19F3N2O.ClH/c19-18(20,21)11-10-13-6-8-15(9-7-13)23-17(24)12-16(22)14-4-2-1-3-5-14;/h1-9,16H,10-12,22H2,(H,23,24);1H. The second-order valence-electron chi connectivity index (χ2n) is 5.58. The number of benzene rings is 2. The summed E-state index contributed by atoms with van der Waals surface area (Å²) in [4.78, 5) is 12.0. The average molecular weight is 373 g/mol. The molecule has 0 bridgehead atoms. The van der Waals surface area contributed by atoms with Crippen LogP contribution < -0.4 is 11.1 Å². The average Bonchev–Trinajstić information content (AvgIpc) is 2.54. The molecule has 0 aliphatic rings. The first-order valence-electron chi connectivity index (χ1n) is 7.59. The summed E-state index contributed by atoms with van der Waals surface area (Å²) in [6, 6.07) is 15.2. The van der Waals surface area contributed by atoms with Gasteiger partial charge >= 0.3 is 6.18 Å². The van der Waals surface area contributed by atoms with Crippen LogP contribution in [0.1, 0.15) is 30.0 Å². The summed E-state index contributed by atoms with van der Waals surface area (Å²) in [5.41, 5.74) is 7.97. The topological polar surface area (TPSA) is 55.1 Å². The predicted octanol–water partition coefficient (Wildman–Crippen LogP) is 4.63. The van der Waals surface area contributed by atoms with Gasteiger partial charge in [0.15, 0.2) is 0 Å². The summed E-state index contributed by atoms with van der Waals surface area (Å²) >= 11 is 0. The van der Waals surface area contributed by atoms with E-state index in [9.17, 15) is 18.0 Å². The van der Waals surface area contributed by atoms with E-state index in [0.29, 0.717) is 11.3 Å². The number of hydrogen-bond acceptors (Lipinski definition) is 2. The second kappa shape index (κ2) is 9.44. The molecule has 1 atom stereocenters. The van der Waals surface area contributed by atoms with Crippen molar-refractivity contribution in [2.45, 2.75) is 31.5 Å². The van der Waals surface area contributed by atoms with E-state index in [2.05, 4.69) is 5.32 Å². The minimum absolute atomic E-state index is 0. The van der Waals surface area contributed by atoms with E-state index in [4.69, 9.17) is 5.73 Å². The molecular formula is C18H20ClF3N2O. The molecule has 0 fully saturated rings. The SMILES string of the molecule is Cl.NC(CC(=O)Nc1ccc(CCC(F)(F)F)cc1)c1ccccc1. The van der Waals surface area contributed by atoms with Crippen molar-refractivity contribution in [2.24, 2.45) is 5.73 Å². The van der Waals surface area contributed by atoms with Crippen LogP contribution in [-0.2, 0) is 11.2 Å². The Hall–Kier alpha value is -2.05. The Kier molecular flexibility index (Phi) is 7.93. The summed E-state index contributed by atoms with van der Waals surface area (Å²) in [6.07, 6.45) is -4.97. The fourth-order valence-corrected chi connectivity index (χ4v) is 2.27. The zero-order valence-electron chi connectivity index (χ0n) is 13.4. The van der Waals surface area contributed by atoms with Crippen LogP contribution in [0, 0.1) is 0 Å². The molecule has 1 amide bonds. The van der Waals surface area contributed by atoms with Gasteiger partial charge in [-0.15, -0.1) is 12.4 Å². The molecule has 0 saturated heterocycles. The highest BCUT2D eigenvalue weighted by Crippen LogP contribution is 2.23. The Labute approximate surface area is 150 Å². The Morgan fingerprint density at radius 1 is 1.04 bits per heavy atom. The monoisotopic (exact) mass is 372 g/mol. The molecule has 2 aromatic carbocycles. The molecule has 2 rings (SSSR count). The smallest absolute Gasteiger partial charge is 0.326 e. The highest BCUT2D eigenvalue weighted by Gasteiger charge is 2.26. The third-order valence-corrected chi connectivity index (χ3v) is 3.57. The van der Waals surface area contributed by atoms with Crippen LogP contribution in [0.4, 0.5) is 18.9 Å². The zero-order chi connectivity index (χ0) is 17.6. The number of amides is 1. The Morgan fingerprint density at radius 3 is 2.20 bits per heavy atom. The van der Waals surface area contributed by atoms with Crippen LogP contribution in [0.15, 0.2) is 54.6 Å². The summed E-state index contributed by atoms with van der Waals surface area (Å²) in [7, 11) is 0. The molecule has 2 aromatic rings.